The lowest BCUT2D eigenvalue weighted by Crippen LogP contribution is -2.15. The predicted octanol–water partition coefficient (Wildman–Crippen LogP) is 3.88. The SMILES string of the molecule is CC1CC=CC=C1/C(=C/C(=O)O)C1CC=CCC1. The maximum Gasteiger partial charge on any atom is 0.328 e. The Morgan fingerprint density at radius 1 is 1.33 bits per heavy atom. The Balaban J connectivity index is 2.30. The number of carbonyl (C=O) groups is 1. The van der Waals surface area contributed by atoms with Gasteiger partial charge < -0.3 is 5.11 Å². The van der Waals surface area contributed by atoms with Gasteiger partial charge in [0.2, 0.25) is 0 Å². The van der Waals surface area contributed by atoms with E-state index in [0.29, 0.717) is 11.8 Å². The van der Waals surface area contributed by atoms with Crippen LogP contribution in [-0.2, 0) is 4.79 Å². The van der Waals surface area contributed by atoms with E-state index < -0.39 is 5.97 Å². The van der Waals surface area contributed by atoms with E-state index in [1.165, 1.54) is 11.6 Å². The van der Waals surface area contributed by atoms with E-state index in [9.17, 15) is 4.79 Å². The molecular weight excluding hydrogens is 224 g/mol. The molecule has 0 saturated carbocycles. The van der Waals surface area contributed by atoms with E-state index in [4.69, 9.17) is 5.11 Å². The van der Waals surface area contributed by atoms with Crippen molar-refractivity contribution < 1.29 is 9.90 Å². The first-order valence-electron chi connectivity index (χ1n) is 6.65. The van der Waals surface area contributed by atoms with Crippen LogP contribution in [0, 0.1) is 11.8 Å². The Labute approximate surface area is 108 Å². The van der Waals surface area contributed by atoms with Crippen LogP contribution in [-0.4, -0.2) is 11.1 Å². The molecule has 0 aromatic carbocycles. The Morgan fingerprint density at radius 3 is 2.78 bits per heavy atom. The summed E-state index contributed by atoms with van der Waals surface area (Å²) in [6.45, 7) is 2.17. The van der Waals surface area contributed by atoms with Crippen LogP contribution in [0.15, 0.2) is 47.6 Å². The molecule has 0 heterocycles. The molecule has 0 amide bonds. The van der Waals surface area contributed by atoms with Gasteiger partial charge in [0, 0.05) is 6.08 Å². The summed E-state index contributed by atoms with van der Waals surface area (Å²) in [7, 11) is 0. The first kappa shape index (κ1) is 12.9. The largest absolute Gasteiger partial charge is 0.478 e. The number of allylic oxidation sites excluding steroid dienone is 7. The summed E-state index contributed by atoms with van der Waals surface area (Å²) in [5, 5.41) is 9.09. The minimum Gasteiger partial charge on any atom is -0.478 e. The lowest BCUT2D eigenvalue weighted by molar-refractivity contribution is -0.131. The van der Waals surface area contributed by atoms with Gasteiger partial charge in [-0.3, -0.25) is 0 Å². The fraction of sp³-hybridized carbons (Fsp3) is 0.438. The number of aliphatic carboxylic acids is 1. The van der Waals surface area contributed by atoms with Crippen molar-refractivity contribution in [2.45, 2.75) is 32.6 Å². The van der Waals surface area contributed by atoms with Crippen LogP contribution in [0.4, 0.5) is 0 Å². The zero-order valence-corrected chi connectivity index (χ0v) is 10.8. The van der Waals surface area contributed by atoms with E-state index in [0.717, 1.165) is 31.3 Å². The van der Waals surface area contributed by atoms with E-state index in [-0.39, 0.29) is 0 Å². The van der Waals surface area contributed by atoms with Crippen molar-refractivity contribution in [3.63, 3.8) is 0 Å². The Hall–Kier alpha value is -1.57. The highest BCUT2D eigenvalue weighted by molar-refractivity contribution is 5.82. The molecule has 2 atom stereocenters. The smallest absolute Gasteiger partial charge is 0.328 e. The summed E-state index contributed by atoms with van der Waals surface area (Å²) in [6.07, 6.45) is 16.1. The Bertz CT molecular complexity index is 438. The normalized spacial score (nSPS) is 28.1. The van der Waals surface area contributed by atoms with Gasteiger partial charge >= 0.3 is 5.97 Å². The third kappa shape index (κ3) is 3.00. The summed E-state index contributed by atoms with van der Waals surface area (Å²) in [5.74, 6) is -0.0417. The van der Waals surface area contributed by atoms with Crippen LogP contribution >= 0.6 is 0 Å². The van der Waals surface area contributed by atoms with Crippen molar-refractivity contribution in [1.29, 1.82) is 0 Å². The second kappa shape index (κ2) is 5.85. The molecule has 0 fully saturated rings. The number of carboxylic acid groups (broad SMARTS) is 1. The minimum absolute atomic E-state index is 0.367. The number of carboxylic acids is 1. The molecule has 1 N–H and O–H groups in total. The quantitative estimate of drug-likeness (QED) is 0.604. The number of hydrogen-bond acceptors (Lipinski definition) is 1. The van der Waals surface area contributed by atoms with Gasteiger partial charge in [0.05, 0.1) is 0 Å². The molecule has 0 aromatic rings. The zero-order chi connectivity index (χ0) is 13.0. The van der Waals surface area contributed by atoms with Gasteiger partial charge in [0.25, 0.3) is 0 Å². The van der Waals surface area contributed by atoms with Crippen LogP contribution in [0.25, 0.3) is 0 Å². The highest BCUT2D eigenvalue weighted by Gasteiger charge is 2.23. The standard InChI is InChI=1S/C16H20O2/c1-12-7-5-6-10-14(12)15(11-16(17)18)13-8-3-2-4-9-13/h2-3,5-6,10-13H,4,7-9H2,1H3,(H,17,18)/b15-11+. The van der Waals surface area contributed by atoms with Crippen molar-refractivity contribution in [1.82, 2.24) is 0 Å². The average molecular weight is 244 g/mol. The van der Waals surface area contributed by atoms with Crippen LogP contribution in [0.3, 0.4) is 0 Å². The summed E-state index contributed by atoms with van der Waals surface area (Å²) in [4.78, 5) is 11.1. The maximum atomic E-state index is 11.1. The highest BCUT2D eigenvalue weighted by Crippen LogP contribution is 2.36. The van der Waals surface area contributed by atoms with Crippen molar-refractivity contribution in [2.75, 3.05) is 0 Å². The maximum absolute atomic E-state index is 11.1. The zero-order valence-electron chi connectivity index (χ0n) is 10.8. The van der Waals surface area contributed by atoms with Gasteiger partial charge in [-0.1, -0.05) is 37.3 Å². The van der Waals surface area contributed by atoms with Gasteiger partial charge in [-0.2, -0.15) is 0 Å². The van der Waals surface area contributed by atoms with Crippen LogP contribution in [0.1, 0.15) is 32.6 Å². The van der Waals surface area contributed by atoms with Crippen molar-refractivity contribution in [3.05, 3.63) is 47.6 Å². The number of hydrogen-bond donors (Lipinski definition) is 1. The molecule has 0 bridgehead atoms. The number of rotatable bonds is 3. The molecule has 2 rings (SSSR count). The molecule has 2 nitrogen and oxygen atoms in total. The van der Waals surface area contributed by atoms with Gasteiger partial charge in [-0.15, -0.1) is 0 Å². The molecule has 2 unspecified atom stereocenters. The summed E-state index contributed by atoms with van der Waals surface area (Å²) >= 11 is 0. The van der Waals surface area contributed by atoms with Gasteiger partial charge in [0.1, 0.15) is 0 Å². The topological polar surface area (TPSA) is 37.3 Å². The fourth-order valence-electron chi connectivity index (χ4n) is 2.77. The van der Waals surface area contributed by atoms with Gasteiger partial charge in [-0.05, 0) is 48.7 Å². The molecule has 2 aliphatic carbocycles. The van der Waals surface area contributed by atoms with E-state index in [2.05, 4.69) is 31.2 Å². The van der Waals surface area contributed by atoms with E-state index in [1.54, 1.807) is 0 Å². The molecule has 96 valence electrons. The average Bonchev–Trinajstić information content (AvgIpc) is 2.38. The predicted molar refractivity (Wildman–Crippen MR) is 73.2 cm³/mol. The van der Waals surface area contributed by atoms with Gasteiger partial charge in [-0.25, -0.2) is 4.79 Å². The second-order valence-electron chi connectivity index (χ2n) is 5.11. The molecule has 2 aliphatic rings. The summed E-state index contributed by atoms with van der Waals surface area (Å²) in [5.41, 5.74) is 2.24. The lowest BCUT2D eigenvalue weighted by atomic mass is 9.77. The highest BCUT2D eigenvalue weighted by atomic mass is 16.4. The van der Waals surface area contributed by atoms with Crippen LogP contribution < -0.4 is 0 Å². The Kier molecular flexibility index (Phi) is 4.19. The molecular formula is C16H20O2. The fourth-order valence-corrected chi connectivity index (χ4v) is 2.77. The van der Waals surface area contributed by atoms with E-state index in [1.807, 2.05) is 6.08 Å². The molecule has 2 heteroatoms. The monoisotopic (exact) mass is 244 g/mol. The molecule has 18 heavy (non-hydrogen) atoms. The van der Waals surface area contributed by atoms with Crippen LogP contribution in [0.5, 0.6) is 0 Å². The summed E-state index contributed by atoms with van der Waals surface area (Å²) in [6, 6.07) is 0. The van der Waals surface area contributed by atoms with Crippen molar-refractivity contribution >= 4 is 5.97 Å². The van der Waals surface area contributed by atoms with Crippen LogP contribution in [0.2, 0.25) is 0 Å². The first-order chi connectivity index (χ1) is 8.68. The minimum atomic E-state index is -0.831. The molecule has 0 spiro atoms. The molecule has 0 aromatic heterocycles. The third-order valence-corrected chi connectivity index (χ3v) is 3.75. The molecule has 0 saturated heterocycles. The lowest BCUT2D eigenvalue weighted by Gasteiger charge is -2.27. The molecule has 0 radical (unpaired) electrons. The Morgan fingerprint density at radius 2 is 2.17 bits per heavy atom. The second-order valence-corrected chi connectivity index (χ2v) is 5.11. The third-order valence-electron chi connectivity index (χ3n) is 3.75. The van der Waals surface area contributed by atoms with Crippen molar-refractivity contribution in [2.24, 2.45) is 11.8 Å². The molecule has 0 aliphatic heterocycles. The van der Waals surface area contributed by atoms with Crippen molar-refractivity contribution in [3.8, 4) is 0 Å². The first-order valence-corrected chi connectivity index (χ1v) is 6.65. The summed E-state index contributed by atoms with van der Waals surface area (Å²) < 4.78 is 0. The van der Waals surface area contributed by atoms with Gasteiger partial charge in [0.15, 0.2) is 0 Å². The van der Waals surface area contributed by atoms with E-state index >= 15 is 0 Å².